The average molecular weight is 636 g/mol. The number of carbonyl (C=O) groups excluding carboxylic acids is 3. The Morgan fingerprint density at radius 1 is 0.977 bits per heavy atom. The fourth-order valence-electron chi connectivity index (χ4n) is 3.26. The minimum absolute atomic E-state index is 0.0921. The van der Waals surface area contributed by atoms with Crippen molar-refractivity contribution < 1.29 is 60.9 Å². The van der Waals surface area contributed by atoms with E-state index in [9.17, 15) is 31.1 Å². The Morgan fingerprint density at radius 2 is 1.49 bits per heavy atom. The van der Waals surface area contributed by atoms with Crippen molar-refractivity contribution in [2.45, 2.75) is 83.5 Å². The third-order valence-electron chi connectivity index (χ3n) is 5.48. The standard InChI is InChI=1S/C21H41N7O.2C2HF3O2/c1-2-3-14-24-19(22)25-15-11-7-9-13-18-28-17-12-8-5-4-6-10-16-26-20(23)27-21(28)29;2*3-2(4,5)1(6)7/h2-3H,4-18H2,1H3,(H3,22,24,25)(H3,23,26,27,29);2*(H,6,7)/b3-2+;;. The van der Waals surface area contributed by atoms with Gasteiger partial charge in [0.1, 0.15) is 11.9 Å². The predicted octanol–water partition coefficient (Wildman–Crippen LogP) is -2.53. The summed E-state index contributed by atoms with van der Waals surface area (Å²) in [7, 11) is 0. The van der Waals surface area contributed by atoms with E-state index in [4.69, 9.17) is 31.3 Å². The van der Waals surface area contributed by atoms with Crippen LogP contribution in [-0.4, -0.2) is 79.9 Å². The maximum atomic E-state index is 12.5. The molecule has 2 amide bonds. The maximum Gasteiger partial charge on any atom is 0.430 e. The van der Waals surface area contributed by atoms with Gasteiger partial charge in [-0.3, -0.25) is 26.8 Å². The first-order chi connectivity index (χ1) is 20.0. The molecule has 0 fully saturated rings. The van der Waals surface area contributed by atoms with Crippen molar-refractivity contribution in [1.82, 2.24) is 15.5 Å². The zero-order valence-corrected chi connectivity index (χ0v) is 24.2. The van der Waals surface area contributed by atoms with Crippen LogP contribution in [0.2, 0.25) is 0 Å². The summed E-state index contributed by atoms with van der Waals surface area (Å²) < 4.78 is 63.1. The molecule has 12 nitrogen and oxygen atoms in total. The Labute approximate surface area is 246 Å². The summed E-state index contributed by atoms with van der Waals surface area (Å²) in [4.78, 5) is 38.2. The van der Waals surface area contributed by atoms with Crippen molar-refractivity contribution in [2.24, 2.45) is 11.5 Å². The highest BCUT2D eigenvalue weighted by Gasteiger charge is 2.29. The molecule has 0 bridgehead atoms. The second-order valence-corrected chi connectivity index (χ2v) is 9.15. The number of carbonyl (C=O) groups is 3. The topological polar surface area (TPSA) is 205 Å². The second-order valence-electron chi connectivity index (χ2n) is 9.15. The van der Waals surface area contributed by atoms with E-state index in [0.717, 1.165) is 71.2 Å². The Morgan fingerprint density at radius 3 is 2.02 bits per heavy atom. The third kappa shape index (κ3) is 26.9. The number of allylic oxidation sites excluding steroid dienone is 1. The van der Waals surface area contributed by atoms with Gasteiger partial charge in [-0.2, -0.15) is 31.7 Å². The van der Waals surface area contributed by atoms with Gasteiger partial charge < -0.3 is 24.7 Å². The Hall–Kier alpha value is -3.73. The van der Waals surface area contributed by atoms with Gasteiger partial charge in [-0.1, -0.05) is 50.7 Å². The van der Waals surface area contributed by atoms with E-state index in [-0.39, 0.29) is 6.03 Å². The van der Waals surface area contributed by atoms with Crippen molar-refractivity contribution in [1.29, 1.82) is 0 Å². The molecular weight excluding hydrogens is 592 g/mol. The van der Waals surface area contributed by atoms with Crippen LogP contribution in [0.1, 0.15) is 71.1 Å². The molecule has 0 aromatic rings. The summed E-state index contributed by atoms with van der Waals surface area (Å²) in [6.07, 6.45) is 4.91. The predicted molar refractivity (Wildman–Crippen MR) is 141 cm³/mol. The lowest BCUT2D eigenvalue weighted by atomic mass is 10.1. The van der Waals surface area contributed by atoms with Crippen LogP contribution in [0.3, 0.4) is 0 Å². The Kier molecular flexibility index (Phi) is 22.9. The molecule has 0 radical (unpaired) electrons. The van der Waals surface area contributed by atoms with Gasteiger partial charge in [0.2, 0.25) is 0 Å². The van der Waals surface area contributed by atoms with E-state index in [1.165, 1.54) is 25.7 Å². The monoisotopic (exact) mass is 635 g/mol. The summed E-state index contributed by atoms with van der Waals surface area (Å²) in [6.45, 7) is 5.96. The lowest BCUT2D eigenvalue weighted by molar-refractivity contribution is -0.460. The number of hydrogen-bond acceptors (Lipinski definition) is 6. The number of amides is 2. The molecule has 0 aromatic heterocycles. The zero-order chi connectivity index (χ0) is 33.3. The minimum atomic E-state index is -5.19. The number of hydrogen-bond donors (Lipinski definition) is 6. The molecule has 0 unspecified atom stereocenters. The number of aliphatic carboxylic acids is 2. The van der Waals surface area contributed by atoms with Gasteiger partial charge in [-0.05, 0) is 32.6 Å². The molecule has 250 valence electrons. The van der Waals surface area contributed by atoms with Crippen LogP contribution < -0.4 is 42.3 Å². The minimum Gasteiger partial charge on any atom is -0.542 e. The zero-order valence-electron chi connectivity index (χ0n) is 24.2. The summed E-state index contributed by atoms with van der Waals surface area (Å²) in [5.41, 5.74) is 11.8. The molecule has 1 heterocycles. The van der Waals surface area contributed by atoms with Crippen molar-refractivity contribution in [3.8, 4) is 0 Å². The molecule has 0 atom stereocenters. The first-order valence-electron chi connectivity index (χ1n) is 13.7. The van der Waals surface area contributed by atoms with Gasteiger partial charge >= 0.3 is 30.3 Å². The smallest absolute Gasteiger partial charge is 0.430 e. The number of guanidine groups is 2. The molecule has 8 N–H and O–H groups in total. The third-order valence-corrected chi connectivity index (χ3v) is 5.48. The van der Waals surface area contributed by atoms with E-state index in [2.05, 4.69) is 20.6 Å². The molecular formula is C25H43F6N7O5. The molecule has 0 saturated heterocycles. The molecule has 1 rings (SSSR count). The SMILES string of the molecule is C/C=C/C[NH+]=C(N)NCCCCCCN1CCCCCCCC[NH+]=C(N)NC1=O.O=C([O-])C(F)(F)F.O=C([O-])C(F)(F)F. The van der Waals surface area contributed by atoms with Gasteiger partial charge in [0.25, 0.3) is 0 Å². The van der Waals surface area contributed by atoms with Crippen LogP contribution in [0.4, 0.5) is 31.1 Å². The van der Waals surface area contributed by atoms with Gasteiger partial charge in [-0.15, -0.1) is 0 Å². The largest absolute Gasteiger partial charge is 0.542 e. The van der Waals surface area contributed by atoms with Gasteiger partial charge in [-0.25, -0.2) is 4.79 Å². The molecule has 1 aliphatic heterocycles. The molecule has 0 aliphatic carbocycles. The summed E-state index contributed by atoms with van der Waals surface area (Å²) >= 11 is 0. The quantitative estimate of drug-likeness (QED) is 0.0523. The van der Waals surface area contributed by atoms with Crippen LogP contribution in [-0.2, 0) is 9.59 Å². The van der Waals surface area contributed by atoms with E-state index >= 15 is 0 Å². The summed E-state index contributed by atoms with van der Waals surface area (Å²) in [6, 6.07) is -0.0921. The fraction of sp³-hybridized carbons (Fsp3) is 0.720. The molecule has 0 aromatic carbocycles. The maximum absolute atomic E-state index is 12.5. The van der Waals surface area contributed by atoms with E-state index < -0.39 is 24.3 Å². The fourth-order valence-corrected chi connectivity index (χ4v) is 3.26. The molecule has 1 aliphatic rings. The van der Waals surface area contributed by atoms with Crippen LogP contribution in [0, 0.1) is 0 Å². The van der Waals surface area contributed by atoms with Crippen LogP contribution in [0.5, 0.6) is 0 Å². The number of nitrogens with one attached hydrogen (secondary N) is 4. The highest BCUT2D eigenvalue weighted by Crippen LogP contribution is 2.12. The van der Waals surface area contributed by atoms with Crippen molar-refractivity contribution in [2.75, 3.05) is 32.7 Å². The van der Waals surface area contributed by atoms with Crippen molar-refractivity contribution >= 4 is 29.9 Å². The van der Waals surface area contributed by atoms with E-state index in [0.29, 0.717) is 11.9 Å². The number of carboxylic acids is 2. The van der Waals surface area contributed by atoms with E-state index in [1.54, 1.807) is 0 Å². The highest BCUT2D eigenvalue weighted by atomic mass is 19.4. The summed E-state index contributed by atoms with van der Waals surface area (Å²) in [5.74, 6) is -5.03. The van der Waals surface area contributed by atoms with Gasteiger partial charge in [0, 0.05) is 13.1 Å². The molecule has 0 spiro atoms. The van der Waals surface area contributed by atoms with E-state index in [1.807, 2.05) is 24.0 Å². The number of alkyl halides is 6. The van der Waals surface area contributed by atoms with Crippen LogP contribution in [0.15, 0.2) is 12.2 Å². The van der Waals surface area contributed by atoms with Crippen molar-refractivity contribution in [3.05, 3.63) is 12.2 Å². The normalized spacial score (nSPS) is 15.7. The van der Waals surface area contributed by atoms with Gasteiger partial charge in [0.05, 0.1) is 19.6 Å². The number of halogens is 6. The highest BCUT2D eigenvalue weighted by molar-refractivity contribution is 5.92. The number of unbranched alkanes of at least 4 members (excludes halogenated alkanes) is 3. The molecule has 43 heavy (non-hydrogen) atoms. The first kappa shape index (κ1) is 41.4. The Balaban J connectivity index is 0. The lowest BCUT2D eigenvalue weighted by Gasteiger charge is -2.20. The summed E-state index contributed by atoms with van der Waals surface area (Å²) in [5, 5.41) is 23.6. The molecule has 18 heteroatoms. The number of nitrogens with zero attached hydrogens (tertiary/aromatic N) is 1. The Bertz CT molecular complexity index is 873. The number of nitrogens with two attached hydrogens (primary N) is 2. The first-order valence-corrected chi connectivity index (χ1v) is 13.7. The second kappa shape index (κ2) is 23.8. The van der Waals surface area contributed by atoms with Crippen LogP contribution >= 0.6 is 0 Å². The van der Waals surface area contributed by atoms with Gasteiger partial charge in [0.15, 0.2) is 0 Å². The number of carboxylic acid groups (broad SMARTS) is 2. The lowest BCUT2D eigenvalue weighted by Crippen LogP contribution is -2.79. The average Bonchev–Trinajstić information content (AvgIpc) is 2.91. The number of urea groups is 1. The van der Waals surface area contributed by atoms with Crippen molar-refractivity contribution in [3.63, 3.8) is 0 Å². The number of rotatable bonds is 9. The van der Waals surface area contributed by atoms with Crippen LogP contribution in [0.25, 0.3) is 0 Å². The molecule has 0 saturated carbocycles.